The van der Waals surface area contributed by atoms with Gasteiger partial charge in [0.25, 0.3) is 0 Å². The standard InChI is InChI=1S/C12H19N3O2/c1-16-11-5-10(6-14-7-11)12(15-13)9-3-2-4-17-8-9/h5-7,9,12,15H,2-4,8,13H2,1H3. The second kappa shape index (κ2) is 5.95. The minimum atomic E-state index is 0.0675. The number of methoxy groups -OCH3 is 1. The van der Waals surface area contributed by atoms with Crippen molar-refractivity contribution in [3.8, 4) is 5.75 Å². The van der Waals surface area contributed by atoms with Crippen LogP contribution in [0.4, 0.5) is 0 Å². The van der Waals surface area contributed by atoms with Gasteiger partial charge in [0, 0.05) is 18.7 Å². The molecule has 94 valence electrons. The zero-order valence-corrected chi connectivity index (χ0v) is 10.1. The molecule has 0 aliphatic carbocycles. The molecule has 2 unspecified atom stereocenters. The Kier molecular flexibility index (Phi) is 4.30. The van der Waals surface area contributed by atoms with Crippen LogP contribution in [0.25, 0.3) is 0 Å². The fourth-order valence-electron chi connectivity index (χ4n) is 2.25. The predicted molar refractivity (Wildman–Crippen MR) is 64.4 cm³/mol. The highest BCUT2D eigenvalue weighted by Crippen LogP contribution is 2.29. The Morgan fingerprint density at radius 3 is 3.12 bits per heavy atom. The molecule has 5 nitrogen and oxygen atoms in total. The van der Waals surface area contributed by atoms with E-state index < -0.39 is 0 Å². The Bertz CT molecular complexity index is 353. The minimum Gasteiger partial charge on any atom is -0.495 e. The van der Waals surface area contributed by atoms with Crippen molar-refractivity contribution in [3.63, 3.8) is 0 Å². The molecule has 1 aromatic heterocycles. The molecule has 17 heavy (non-hydrogen) atoms. The lowest BCUT2D eigenvalue weighted by Gasteiger charge is -2.29. The summed E-state index contributed by atoms with van der Waals surface area (Å²) in [7, 11) is 1.63. The number of ether oxygens (including phenoxy) is 2. The number of hydrazine groups is 1. The van der Waals surface area contributed by atoms with Crippen LogP contribution in [-0.2, 0) is 4.74 Å². The van der Waals surface area contributed by atoms with Crippen LogP contribution in [-0.4, -0.2) is 25.3 Å². The summed E-state index contributed by atoms with van der Waals surface area (Å²) in [6.45, 7) is 1.59. The van der Waals surface area contributed by atoms with E-state index in [4.69, 9.17) is 15.3 Å². The van der Waals surface area contributed by atoms with Gasteiger partial charge in [0.05, 0.1) is 26.0 Å². The zero-order chi connectivity index (χ0) is 12.1. The Hall–Kier alpha value is -1.17. The van der Waals surface area contributed by atoms with Crippen molar-refractivity contribution >= 4 is 0 Å². The summed E-state index contributed by atoms with van der Waals surface area (Å²) in [5.74, 6) is 6.79. The molecule has 1 saturated heterocycles. The number of nitrogens with zero attached hydrogens (tertiary/aromatic N) is 1. The largest absolute Gasteiger partial charge is 0.495 e. The molecular weight excluding hydrogens is 218 g/mol. The molecule has 5 heteroatoms. The summed E-state index contributed by atoms with van der Waals surface area (Å²) >= 11 is 0. The van der Waals surface area contributed by atoms with E-state index in [1.807, 2.05) is 12.3 Å². The molecule has 1 aliphatic rings. The van der Waals surface area contributed by atoms with Crippen molar-refractivity contribution in [1.82, 2.24) is 10.4 Å². The summed E-state index contributed by atoms with van der Waals surface area (Å²) in [5, 5.41) is 0. The van der Waals surface area contributed by atoms with E-state index >= 15 is 0 Å². The topological polar surface area (TPSA) is 69.4 Å². The Morgan fingerprint density at radius 1 is 1.59 bits per heavy atom. The lowest BCUT2D eigenvalue weighted by atomic mass is 9.90. The second-order valence-electron chi connectivity index (χ2n) is 4.28. The molecule has 0 aromatic carbocycles. The molecule has 1 fully saturated rings. The molecule has 0 spiro atoms. The van der Waals surface area contributed by atoms with Gasteiger partial charge in [-0.2, -0.15) is 0 Å². The normalized spacial score (nSPS) is 22.1. The molecule has 1 aromatic rings. The zero-order valence-electron chi connectivity index (χ0n) is 10.1. The number of hydrogen-bond donors (Lipinski definition) is 2. The Morgan fingerprint density at radius 2 is 2.47 bits per heavy atom. The van der Waals surface area contributed by atoms with Gasteiger partial charge in [-0.25, -0.2) is 0 Å². The van der Waals surface area contributed by atoms with Gasteiger partial charge in [-0.05, 0) is 24.5 Å². The average molecular weight is 237 g/mol. The molecular formula is C12H19N3O2. The fourth-order valence-corrected chi connectivity index (χ4v) is 2.25. The molecule has 1 aliphatic heterocycles. The summed E-state index contributed by atoms with van der Waals surface area (Å²) in [4.78, 5) is 4.16. The number of hydrogen-bond acceptors (Lipinski definition) is 5. The number of nitrogens with one attached hydrogen (secondary N) is 1. The van der Waals surface area contributed by atoms with Crippen molar-refractivity contribution in [1.29, 1.82) is 0 Å². The number of rotatable bonds is 4. The summed E-state index contributed by atoms with van der Waals surface area (Å²) in [6, 6.07) is 2.03. The molecule has 2 rings (SSSR count). The first-order chi connectivity index (χ1) is 8.35. The van der Waals surface area contributed by atoms with Crippen LogP contribution < -0.4 is 16.0 Å². The van der Waals surface area contributed by atoms with Gasteiger partial charge in [0.1, 0.15) is 5.75 Å². The van der Waals surface area contributed by atoms with Gasteiger partial charge in [-0.15, -0.1) is 0 Å². The summed E-state index contributed by atoms with van der Waals surface area (Å²) in [5.41, 5.74) is 3.91. The van der Waals surface area contributed by atoms with E-state index in [9.17, 15) is 0 Å². The highest BCUT2D eigenvalue weighted by atomic mass is 16.5. The van der Waals surface area contributed by atoms with Crippen LogP contribution in [0.2, 0.25) is 0 Å². The molecule has 2 heterocycles. The van der Waals surface area contributed by atoms with Crippen molar-refractivity contribution < 1.29 is 9.47 Å². The van der Waals surface area contributed by atoms with Gasteiger partial charge in [-0.1, -0.05) is 0 Å². The molecule has 3 N–H and O–H groups in total. The van der Waals surface area contributed by atoms with Gasteiger partial charge in [0.2, 0.25) is 0 Å². The lowest BCUT2D eigenvalue weighted by molar-refractivity contribution is 0.0389. The molecule has 0 radical (unpaired) electrons. The van der Waals surface area contributed by atoms with Crippen molar-refractivity contribution in [2.24, 2.45) is 11.8 Å². The maximum absolute atomic E-state index is 5.65. The number of aromatic nitrogens is 1. The van der Waals surface area contributed by atoms with E-state index in [0.29, 0.717) is 5.92 Å². The van der Waals surface area contributed by atoms with Gasteiger partial charge in [-0.3, -0.25) is 16.3 Å². The van der Waals surface area contributed by atoms with Crippen LogP contribution in [0.3, 0.4) is 0 Å². The molecule has 2 atom stereocenters. The maximum atomic E-state index is 5.65. The van der Waals surface area contributed by atoms with Crippen LogP contribution in [0.15, 0.2) is 18.5 Å². The first-order valence-electron chi connectivity index (χ1n) is 5.88. The Labute approximate surface area is 101 Å². The summed E-state index contributed by atoms with van der Waals surface area (Å²) in [6.07, 6.45) is 5.71. The van der Waals surface area contributed by atoms with Crippen LogP contribution in [0.1, 0.15) is 24.4 Å². The fraction of sp³-hybridized carbons (Fsp3) is 0.583. The van der Waals surface area contributed by atoms with Crippen molar-refractivity contribution in [2.45, 2.75) is 18.9 Å². The van der Waals surface area contributed by atoms with E-state index in [1.54, 1.807) is 13.3 Å². The van der Waals surface area contributed by atoms with Gasteiger partial charge < -0.3 is 9.47 Å². The quantitative estimate of drug-likeness (QED) is 0.604. The van der Waals surface area contributed by atoms with Gasteiger partial charge >= 0.3 is 0 Å². The van der Waals surface area contributed by atoms with Crippen molar-refractivity contribution in [2.75, 3.05) is 20.3 Å². The van der Waals surface area contributed by atoms with Crippen molar-refractivity contribution in [3.05, 3.63) is 24.0 Å². The minimum absolute atomic E-state index is 0.0675. The molecule has 0 amide bonds. The number of nitrogens with two attached hydrogens (primary N) is 1. The average Bonchev–Trinajstić information content (AvgIpc) is 2.41. The number of pyridine rings is 1. The SMILES string of the molecule is COc1cncc(C(NN)C2CCCOC2)c1. The highest BCUT2D eigenvalue weighted by molar-refractivity contribution is 5.26. The monoisotopic (exact) mass is 237 g/mol. The smallest absolute Gasteiger partial charge is 0.137 e. The first-order valence-corrected chi connectivity index (χ1v) is 5.88. The van der Waals surface area contributed by atoms with E-state index in [1.165, 1.54) is 0 Å². The predicted octanol–water partition coefficient (Wildman–Crippen LogP) is 1.02. The van der Waals surface area contributed by atoms with Crippen LogP contribution >= 0.6 is 0 Å². The third kappa shape index (κ3) is 2.94. The van der Waals surface area contributed by atoms with Crippen LogP contribution in [0.5, 0.6) is 5.75 Å². The third-order valence-electron chi connectivity index (χ3n) is 3.18. The molecule has 0 bridgehead atoms. The van der Waals surface area contributed by atoms with E-state index in [0.717, 1.165) is 37.4 Å². The second-order valence-corrected chi connectivity index (χ2v) is 4.28. The molecule has 0 saturated carbocycles. The summed E-state index contributed by atoms with van der Waals surface area (Å²) < 4.78 is 10.7. The highest BCUT2D eigenvalue weighted by Gasteiger charge is 2.25. The maximum Gasteiger partial charge on any atom is 0.137 e. The van der Waals surface area contributed by atoms with E-state index in [-0.39, 0.29) is 6.04 Å². The third-order valence-corrected chi connectivity index (χ3v) is 3.18. The first kappa shape index (κ1) is 12.3. The van der Waals surface area contributed by atoms with Gasteiger partial charge in [0.15, 0.2) is 0 Å². The van der Waals surface area contributed by atoms with E-state index in [2.05, 4.69) is 10.4 Å². The lowest BCUT2D eigenvalue weighted by Crippen LogP contribution is -2.37. The van der Waals surface area contributed by atoms with Crippen LogP contribution in [0, 0.1) is 5.92 Å². The Balaban J connectivity index is 2.15.